The van der Waals surface area contributed by atoms with Crippen LogP contribution in [0, 0.1) is 0 Å². The van der Waals surface area contributed by atoms with Crippen molar-refractivity contribution in [3.63, 3.8) is 0 Å². The van der Waals surface area contributed by atoms with Crippen LogP contribution in [0.15, 0.2) is 36.9 Å². The van der Waals surface area contributed by atoms with E-state index in [9.17, 15) is 9.59 Å². The van der Waals surface area contributed by atoms with Crippen molar-refractivity contribution in [3.05, 3.63) is 42.5 Å². The molecule has 2 aliphatic heterocycles. The summed E-state index contributed by atoms with van der Waals surface area (Å²) in [5, 5.41) is 4.39. The summed E-state index contributed by atoms with van der Waals surface area (Å²) in [5.41, 5.74) is 3.22. The summed E-state index contributed by atoms with van der Waals surface area (Å²) in [7, 11) is 0. The molecule has 2 aromatic heterocycles. The molecule has 3 aromatic rings. The molecular weight excluding hydrogens is 332 g/mol. The normalized spacial score (nSPS) is 17.9. The van der Waals surface area contributed by atoms with Gasteiger partial charge >= 0.3 is 0 Å². The quantitative estimate of drug-likeness (QED) is 0.777. The van der Waals surface area contributed by atoms with Crippen molar-refractivity contribution in [3.8, 4) is 0 Å². The van der Waals surface area contributed by atoms with Crippen molar-refractivity contribution in [2.75, 3.05) is 24.5 Å². The summed E-state index contributed by atoms with van der Waals surface area (Å²) in [6, 6.07) is 5.65. The SMILES string of the molecule is O=C(c1ccc2nc[nH]c2c1)N1CC(n2cc(N3CCCC3=O)cn2)C1. The summed E-state index contributed by atoms with van der Waals surface area (Å²) in [6.07, 6.45) is 6.78. The first-order chi connectivity index (χ1) is 12.7. The zero-order valence-corrected chi connectivity index (χ0v) is 14.1. The van der Waals surface area contributed by atoms with E-state index in [2.05, 4.69) is 15.1 Å². The fourth-order valence-corrected chi connectivity index (χ4v) is 3.63. The maximum atomic E-state index is 12.6. The number of aromatic nitrogens is 4. The molecular formula is C18H18N6O2. The third kappa shape index (κ3) is 2.37. The predicted molar refractivity (Wildman–Crippen MR) is 94.8 cm³/mol. The number of fused-ring (bicyclic) bond motifs is 1. The summed E-state index contributed by atoms with van der Waals surface area (Å²) >= 11 is 0. The molecule has 8 nitrogen and oxygen atoms in total. The summed E-state index contributed by atoms with van der Waals surface area (Å²) < 4.78 is 1.86. The number of carbonyl (C=O) groups is 2. The lowest BCUT2D eigenvalue weighted by molar-refractivity contribution is -0.117. The van der Waals surface area contributed by atoms with Gasteiger partial charge in [0.25, 0.3) is 5.91 Å². The van der Waals surface area contributed by atoms with Crippen LogP contribution in [0.5, 0.6) is 0 Å². The molecule has 0 bridgehead atoms. The van der Waals surface area contributed by atoms with Crippen molar-refractivity contribution >= 4 is 28.5 Å². The maximum Gasteiger partial charge on any atom is 0.254 e. The van der Waals surface area contributed by atoms with Crippen molar-refractivity contribution in [1.29, 1.82) is 0 Å². The predicted octanol–water partition coefficient (Wildman–Crippen LogP) is 1.58. The molecule has 2 amide bonds. The smallest absolute Gasteiger partial charge is 0.254 e. The molecule has 0 atom stereocenters. The lowest BCUT2D eigenvalue weighted by Gasteiger charge is -2.39. The molecule has 0 radical (unpaired) electrons. The van der Waals surface area contributed by atoms with Crippen LogP contribution in [0.4, 0.5) is 5.69 Å². The Morgan fingerprint density at radius 2 is 2.15 bits per heavy atom. The third-order valence-corrected chi connectivity index (χ3v) is 5.16. The summed E-state index contributed by atoms with van der Waals surface area (Å²) in [6.45, 7) is 2.00. The monoisotopic (exact) mass is 350 g/mol. The van der Waals surface area contributed by atoms with Gasteiger partial charge in [0.05, 0.1) is 35.3 Å². The first-order valence-corrected chi connectivity index (χ1v) is 8.76. The number of aromatic amines is 1. The minimum atomic E-state index is 0.0138. The molecule has 0 spiro atoms. The topological polar surface area (TPSA) is 87.1 Å². The largest absolute Gasteiger partial charge is 0.345 e. The van der Waals surface area contributed by atoms with Gasteiger partial charge in [-0.1, -0.05) is 0 Å². The Kier molecular flexibility index (Phi) is 3.31. The summed E-state index contributed by atoms with van der Waals surface area (Å²) in [5.74, 6) is 0.170. The Hall–Kier alpha value is -3.16. The number of rotatable bonds is 3. The number of nitrogens with zero attached hydrogens (tertiary/aromatic N) is 5. The van der Waals surface area contributed by atoms with Crippen LogP contribution in [0.3, 0.4) is 0 Å². The molecule has 5 rings (SSSR count). The molecule has 2 saturated heterocycles. The Balaban J connectivity index is 1.26. The molecule has 0 saturated carbocycles. The first kappa shape index (κ1) is 15.1. The van der Waals surface area contributed by atoms with Gasteiger partial charge in [0.1, 0.15) is 0 Å². The maximum absolute atomic E-state index is 12.6. The van der Waals surface area contributed by atoms with E-state index in [1.165, 1.54) is 0 Å². The standard InChI is InChI=1S/C18H18N6O2/c25-17-2-1-5-23(17)13-7-21-24(10-13)14-8-22(9-14)18(26)12-3-4-15-16(6-12)20-11-19-15/h3-4,6-7,10-11,14H,1-2,5,8-9H2,(H,19,20). The number of likely N-dealkylation sites (tertiary alicyclic amines) is 1. The lowest BCUT2D eigenvalue weighted by Crippen LogP contribution is -2.50. The molecule has 1 N–H and O–H groups in total. The zero-order chi connectivity index (χ0) is 17.7. The van der Waals surface area contributed by atoms with E-state index >= 15 is 0 Å². The number of anilines is 1. The lowest BCUT2D eigenvalue weighted by atomic mass is 10.1. The Morgan fingerprint density at radius 3 is 2.96 bits per heavy atom. The van der Waals surface area contributed by atoms with Crippen LogP contribution in [-0.2, 0) is 4.79 Å². The average Bonchev–Trinajstić information content (AvgIpc) is 3.32. The van der Waals surface area contributed by atoms with Crippen molar-refractivity contribution in [2.24, 2.45) is 0 Å². The third-order valence-electron chi connectivity index (χ3n) is 5.16. The molecule has 132 valence electrons. The molecule has 8 heteroatoms. The minimum absolute atomic E-state index is 0.0138. The van der Waals surface area contributed by atoms with E-state index < -0.39 is 0 Å². The Bertz CT molecular complexity index is 1000. The molecule has 4 heterocycles. The summed E-state index contributed by atoms with van der Waals surface area (Å²) in [4.78, 5) is 35.3. The minimum Gasteiger partial charge on any atom is -0.345 e. The van der Waals surface area contributed by atoms with Gasteiger partial charge in [-0.15, -0.1) is 0 Å². The van der Waals surface area contributed by atoms with E-state index in [-0.39, 0.29) is 17.9 Å². The number of benzene rings is 1. The van der Waals surface area contributed by atoms with Gasteiger partial charge in [-0.2, -0.15) is 5.10 Å². The van der Waals surface area contributed by atoms with Crippen LogP contribution in [0.1, 0.15) is 29.2 Å². The van der Waals surface area contributed by atoms with Crippen molar-refractivity contribution < 1.29 is 9.59 Å². The second kappa shape index (κ2) is 5.69. The van der Waals surface area contributed by atoms with E-state index in [0.29, 0.717) is 25.1 Å². The van der Waals surface area contributed by atoms with Crippen LogP contribution in [0.2, 0.25) is 0 Å². The van der Waals surface area contributed by atoms with Gasteiger partial charge in [0.2, 0.25) is 5.91 Å². The molecule has 0 unspecified atom stereocenters. The van der Waals surface area contributed by atoms with Gasteiger partial charge in [-0.3, -0.25) is 14.3 Å². The fourth-order valence-electron chi connectivity index (χ4n) is 3.63. The number of imidazole rings is 1. The molecule has 2 aliphatic rings. The van der Waals surface area contributed by atoms with Crippen molar-refractivity contribution in [1.82, 2.24) is 24.6 Å². The second-order valence-electron chi connectivity index (χ2n) is 6.83. The number of hydrogen-bond donors (Lipinski definition) is 1. The number of nitrogens with one attached hydrogen (secondary N) is 1. The van der Waals surface area contributed by atoms with Crippen LogP contribution >= 0.6 is 0 Å². The van der Waals surface area contributed by atoms with Crippen LogP contribution < -0.4 is 4.90 Å². The van der Waals surface area contributed by atoms with Gasteiger partial charge in [-0.25, -0.2) is 4.98 Å². The molecule has 1 aromatic carbocycles. The van der Waals surface area contributed by atoms with Gasteiger partial charge in [0.15, 0.2) is 0 Å². The van der Waals surface area contributed by atoms with Gasteiger partial charge in [-0.05, 0) is 24.6 Å². The second-order valence-corrected chi connectivity index (χ2v) is 6.83. The number of hydrogen-bond acceptors (Lipinski definition) is 4. The highest BCUT2D eigenvalue weighted by molar-refractivity contribution is 5.98. The van der Waals surface area contributed by atoms with E-state index in [4.69, 9.17) is 0 Å². The highest BCUT2D eigenvalue weighted by Gasteiger charge is 2.34. The Labute approximate surface area is 149 Å². The Morgan fingerprint density at radius 1 is 1.27 bits per heavy atom. The van der Waals surface area contributed by atoms with Gasteiger partial charge < -0.3 is 14.8 Å². The number of amides is 2. The highest BCUT2D eigenvalue weighted by Crippen LogP contribution is 2.27. The molecule has 0 aliphatic carbocycles. The highest BCUT2D eigenvalue weighted by atomic mass is 16.2. The fraction of sp³-hybridized carbons (Fsp3) is 0.333. The van der Waals surface area contributed by atoms with Crippen molar-refractivity contribution in [2.45, 2.75) is 18.9 Å². The molecule has 2 fully saturated rings. The molecule has 26 heavy (non-hydrogen) atoms. The first-order valence-electron chi connectivity index (χ1n) is 8.76. The average molecular weight is 350 g/mol. The van der Waals surface area contributed by atoms with E-state index in [0.717, 1.165) is 29.7 Å². The zero-order valence-electron chi connectivity index (χ0n) is 14.1. The van der Waals surface area contributed by atoms with E-state index in [1.807, 2.05) is 34.0 Å². The van der Waals surface area contributed by atoms with E-state index in [1.54, 1.807) is 17.4 Å². The van der Waals surface area contributed by atoms with Crippen LogP contribution in [0.25, 0.3) is 11.0 Å². The number of carbonyl (C=O) groups excluding carboxylic acids is 2. The van der Waals surface area contributed by atoms with Gasteiger partial charge in [0, 0.05) is 37.8 Å². The van der Waals surface area contributed by atoms with Crippen LogP contribution in [-0.4, -0.2) is 56.1 Å². The number of H-pyrrole nitrogens is 1.